The predicted octanol–water partition coefficient (Wildman–Crippen LogP) is -0.616. The molecule has 0 unspecified atom stereocenters. The quantitative estimate of drug-likeness (QED) is 0.451. The summed E-state index contributed by atoms with van der Waals surface area (Å²) in [5.74, 6) is 0. The molecule has 0 saturated carbocycles. The highest BCUT2D eigenvalue weighted by Gasteiger charge is 2.15. The number of nitrogens with zero attached hydrogens (tertiary/aromatic N) is 1. The van der Waals surface area contributed by atoms with E-state index in [0.717, 1.165) is 6.26 Å². The van der Waals surface area contributed by atoms with Crippen LogP contribution in [0.4, 0.5) is 0 Å². The summed E-state index contributed by atoms with van der Waals surface area (Å²) in [4.78, 5) is 3.80. The number of methoxy groups -OCH3 is 1. The van der Waals surface area contributed by atoms with Gasteiger partial charge in [-0.1, -0.05) is 0 Å². The third kappa shape index (κ3) is 5.94. The third-order valence-corrected chi connectivity index (χ3v) is 2.75. The van der Waals surface area contributed by atoms with Gasteiger partial charge in [-0.3, -0.25) is 5.26 Å². The van der Waals surface area contributed by atoms with Gasteiger partial charge in [0.1, 0.15) is 0 Å². The molecule has 0 aliphatic carbocycles. The lowest BCUT2D eigenvalue weighted by Gasteiger charge is -2.18. The Kier molecular flexibility index (Phi) is 6.17. The molecule has 0 aliphatic rings. The molecular weight excluding hydrogens is 198 g/mol. The summed E-state index contributed by atoms with van der Waals surface area (Å²) < 4.78 is 28.1. The van der Waals surface area contributed by atoms with E-state index >= 15 is 0 Å². The summed E-state index contributed by atoms with van der Waals surface area (Å²) in [6.45, 7) is 0.659. The van der Waals surface area contributed by atoms with Crippen molar-refractivity contribution in [2.45, 2.75) is 0 Å². The minimum atomic E-state index is -3.25. The first kappa shape index (κ1) is 12.8. The Morgan fingerprint density at radius 2 is 1.85 bits per heavy atom. The topological polar surface area (TPSA) is 76.1 Å². The molecular formula is C6H15NO5S. The lowest BCUT2D eigenvalue weighted by Crippen LogP contribution is -2.35. The van der Waals surface area contributed by atoms with Crippen LogP contribution in [0.2, 0.25) is 0 Å². The minimum Gasteiger partial charge on any atom is -0.383 e. The Bertz CT molecular complexity index is 207. The van der Waals surface area contributed by atoms with Gasteiger partial charge >= 0.3 is 0 Å². The summed E-state index contributed by atoms with van der Waals surface area (Å²) in [5.41, 5.74) is 0. The average Bonchev–Trinajstić information content (AvgIpc) is 2.02. The molecule has 0 saturated heterocycles. The van der Waals surface area contributed by atoms with Gasteiger partial charge in [0.15, 0.2) is 0 Å². The Labute approximate surface area is 78.0 Å². The molecule has 6 nitrogen and oxygen atoms in total. The molecule has 1 N–H and O–H groups in total. The van der Waals surface area contributed by atoms with Crippen LogP contribution in [0.15, 0.2) is 0 Å². The second-order valence-corrected chi connectivity index (χ2v) is 4.47. The molecule has 7 heteroatoms. The van der Waals surface area contributed by atoms with Crippen LogP contribution in [-0.2, 0) is 19.6 Å². The number of sulfonamides is 1. The van der Waals surface area contributed by atoms with Crippen LogP contribution < -0.4 is 0 Å². The smallest absolute Gasteiger partial charge is 0.211 e. The highest BCUT2D eigenvalue weighted by atomic mass is 32.2. The Morgan fingerprint density at radius 1 is 1.31 bits per heavy atom. The maximum Gasteiger partial charge on any atom is 0.211 e. The molecule has 13 heavy (non-hydrogen) atoms. The van der Waals surface area contributed by atoms with Crippen molar-refractivity contribution in [2.75, 3.05) is 39.7 Å². The summed E-state index contributed by atoms with van der Waals surface area (Å²) in [7, 11) is -1.76. The second kappa shape index (κ2) is 6.28. The maximum atomic E-state index is 11.1. The van der Waals surface area contributed by atoms with Crippen LogP contribution in [-0.4, -0.2) is 57.6 Å². The van der Waals surface area contributed by atoms with E-state index in [1.54, 1.807) is 0 Å². The third-order valence-electron chi connectivity index (χ3n) is 1.45. The summed E-state index contributed by atoms with van der Waals surface area (Å²) in [6.07, 6.45) is 1.10. The van der Waals surface area contributed by atoms with E-state index < -0.39 is 10.0 Å². The Balaban J connectivity index is 4.04. The molecule has 0 aliphatic heterocycles. The molecule has 0 fully saturated rings. The minimum absolute atomic E-state index is 0.0449. The molecule has 0 heterocycles. The lowest BCUT2D eigenvalue weighted by molar-refractivity contribution is -0.242. The van der Waals surface area contributed by atoms with Crippen molar-refractivity contribution in [3.8, 4) is 0 Å². The van der Waals surface area contributed by atoms with E-state index in [-0.39, 0.29) is 19.7 Å². The van der Waals surface area contributed by atoms with Crippen molar-refractivity contribution in [1.82, 2.24) is 4.31 Å². The first-order chi connectivity index (χ1) is 6.02. The van der Waals surface area contributed by atoms with Gasteiger partial charge in [0.2, 0.25) is 10.0 Å². The fraction of sp³-hybridized carbons (Fsp3) is 1.00. The summed E-state index contributed by atoms with van der Waals surface area (Å²) in [5, 5.41) is 8.05. The van der Waals surface area contributed by atoms with Gasteiger partial charge < -0.3 is 4.74 Å². The van der Waals surface area contributed by atoms with Gasteiger partial charge in [-0.05, 0) is 0 Å². The Hall–Kier alpha value is -0.210. The van der Waals surface area contributed by atoms with E-state index in [1.165, 1.54) is 11.4 Å². The fourth-order valence-electron chi connectivity index (χ4n) is 0.779. The van der Waals surface area contributed by atoms with Gasteiger partial charge in [-0.25, -0.2) is 13.3 Å². The standard InChI is InChI=1S/C6H15NO5S/c1-11-5-3-7(4-6-12-8)13(2,9)10/h8H,3-6H2,1-2H3. The number of hydrogen-bond donors (Lipinski definition) is 1. The molecule has 0 aromatic carbocycles. The van der Waals surface area contributed by atoms with E-state index in [1.807, 2.05) is 0 Å². The van der Waals surface area contributed by atoms with Crippen molar-refractivity contribution >= 4 is 10.0 Å². The molecule has 0 bridgehead atoms. The number of ether oxygens (including phenoxy) is 1. The van der Waals surface area contributed by atoms with E-state index in [9.17, 15) is 8.42 Å². The van der Waals surface area contributed by atoms with Crippen LogP contribution in [0, 0.1) is 0 Å². The molecule has 0 rings (SSSR count). The number of rotatable bonds is 7. The molecule has 0 spiro atoms. The van der Waals surface area contributed by atoms with Crippen molar-refractivity contribution in [3.63, 3.8) is 0 Å². The van der Waals surface area contributed by atoms with Crippen molar-refractivity contribution in [2.24, 2.45) is 0 Å². The van der Waals surface area contributed by atoms with E-state index in [2.05, 4.69) is 4.89 Å². The van der Waals surface area contributed by atoms with Crippen molar-refractivity contribution in [3.05, 3.63) is 0 Å². The Morgan fingerprint density at radius 3 is 2.23 bits per heavy atom. The monoisotopic (exact) mass is 213 g/mol. The van der Waals surface area contributed by atoms with Gasteiger partial charge in [0.25, 0.3) is 0 Å². The largest absolute Gasteiger partial charge is 0.383 e. The van der Waals surface area contributed by atoms with Crippen molar-refractivity contribution in [1.29, 1.82) is 0 Å². The molecule has 0 aromatic heterocycles. The fourth-order valence-corrected chi connectivity index (χ4v) is 1.59. The molecule has 0 amide bonds. The normalized spacial score (nSPS) is 12.3. The second-order valence-electron chi connectivity index (χ2n) is 2.49. The molecule has 0 aromatic rings. The van der Waals surface area contributed by atoms with Gasteiger partial charge in [0, 0.05) is 20.2 Å². The van der Waals surface area contributed by atoms with Gasteiger partial charge in [0.05, 0.1) is 19.5 Å². The van der Waals surface area contributed by atoms with Crippen LogP contribution in [0.5, 0.6) is 0 Å². The van der Waals surface area contributed by atoms with Gasteiger partial charge in [-0.2, -0.15) is 4.31 Å². The van der Waals surface area contributed by atoms with Crippen LogP contribution >= 0.6 is 0 Å². The van der Waals surface area contributed by atoms with Crippen LogP contribution in [0.3, 0.4) is 0 Å². The van der Waals surface area contributed by atoms with Crippen molar-refractivity contribution < 1.29 is 23.3 Å². The summed E-state index contributed by atoms with van der Waals surface area (Å²) >= 11 is 0. The lowest BCUT2D eigenvalue weighted by atomic mass is 10.6. The zero-order valence-electron chi connectivity index (χ0n) is 7.76. The average molecular weight is 213 g/mol. The highest BCUT2D eigenvalue weighted by Crippen LogP contribution is 1.96. The van der Waals surface area contributed by atoms with E-state index in [4.69, 9.17) is 9.99 Å². The van der Waals surface area contributed by atoms with E-state index in [0.29, 0.717) is 6.61 Å². The highest BCUT2D eigenvalue weighted by molar-refractivity contribution is 7.88. The molecule has 0 atom stereocenters. The summed E-state index contributed by atoms with van der Waals surface area (Å²) in [6, 6.07) is 0. The SMILES string of the molecule is COCCN(CCOO)S(C)(=O)=O. The first-order valence-electron chi connectivity index (χ1n) is 3.72. The first-order valence-corrected chi connectivity index (χ1v) is 5.57. The van der Waals surface area contributed by atoms with Gasteiger partial charge in [-0.15, -0.1) is 0 Å². The predicted molar refractivity (Wildman–Crippen MR) is 46.9 cm³/mol. The molecule has 0 radical (unpaired) electrons. The molecule has 80 valence electrons. The van der Waals surface area contributed by atoms with Crippen LogP contribution in [0.25, 0.3) is 0 Å². The zero-order valence-corrected chi connectivity index (χ0v) is 8.58. The van der Waals surface area contributed by atoms with Crippen LogP contribution in [0.1, 0.15) is 0 Å². The zero-order chi connectivity index (χ0) is 10.3. The number of hydrogen-bond acceptors (Lipinski definition) is 5. The maximum absolute atomic E-state index is 11.1.